The molecule has 0 aromatic heterocycles. The molecule has 1 aromatic carbocycles. The van der Waals surface area contributed by atoms with Crippen LogP contribution < -0.4 is 5.73 Å². The molecule has 1 aliphatic carbocycles. The van der Waals surface area contributed by atoms with E-state index in [1.165, 1.54) is 12.8 Å². The van der Waals surface area contributed by atoms with E-state index in [1.807, 2.05) is 6.07 Å². The predicted octanol–water partition coefficient (Wildman–Crippen LogP) is 4.96. The van der Waals surface area contributed by atoms with Gasteiger partial charge in [0.25, 0.3) is 0 Å². The van der Waals surface area contributed by atoms with Crippen molar-refractivity contribution in [3.05, 3.63) is 33.8 Å². The minimum absolute atomic E-state index is 0.248. The van der Waals surface area contributed by atoms with Crippen molar-refractivity contribution in [3.63, 3.8) is 0 Å². The van der Waals surface area contributed by atoms with Gasteiger partial charge < -0.3 is 10.8 Å². The first-order valence-corrected chi connectivity index (χ1v) is 8.61. The third kappa shape index (κ3) is 3.73. The van der Waals surface area contributed by atoms with Gasteiger partial charge in [0.2, 0.25) is 0 Å². The van der Waals surface area contributed by atoms with Gasteiger partial charge in [0.05, 0.1) is 6.10 Å². The molecule has 1 fully saturated rings. The van der Waals surface area contributed by atoms with Crippen LogP contribution >= 0.6 is 23.2 Å². The molecule has 0 bridgehead atoms. The number of benzene rings is 1. The smallest absolute Gasteiger partial charge is 0.0872 e. The van der Waals surface area contributed by atoms with E-state index in [9.17, 15) is 5.11 Å². The third-order valence-electron chi connectivity index (χ3n) is 5.04. The van der Waals surface area contributed by atoms with E-state index in [-0.39, 0.29) is 5.41 Å². The molecule has 0 amide bonds. The molecule has 1 atom stereocenters. The molecule has 4 heteroatoms. The lowest BCUT2D eigenvalue weighted by molar-refractivity contribution is -0.0107. The second-order valence-corrected chi connectivity index (χ2v) is 7.21. The third-order valence-corrected chi connectivity index (χ3v) is 5.60. The van der Waals surface area contributed by atoms with Crippen LogP contribution in [-0.2, 0) is 0 Å². The Morgan fingerprint density at radius 2 is 2.00 bits per heavy atom. The number of aliphatic hydroxyl groups excluding tert-OH is 1. The molecule has 21 heavy (non-hydrogen) atoms. The van der Waals surface area contributed by atoms with Crippen LogP contribution in [-0.4, -0.2) is 11.7 Å². The normalized spacial score (nSPS) is 27.6. The highest BCUT2D eigenvalue weighted by Crippen LogP contribution is 2.49. The summed E-state index contributed by atoms with van der Waals surface area (Å²) in [5.41, 5.74) is 6.55. The minimum Gasteiger partial charge on any atom is -0.388 e. The molecule has 3 N–H and O–H groups in total. The fraction of sp³-hybridized carbons (Fsp3) is 0.647. The molecule has 1 aliphatic rings. The highest BCUT2D eigenvalue weighted by atomic mass is 35.5. The lowest BCUT2D eigenvalue weighted by Crippen LogP contribution is -2.40. The summed E-state index contributed by atoms with van der Waals surface area (Å²) in [5.74, 6) is 0.780. The number of hydrogen-bond donors (Lipinski definition) is 2. The van der Waals surface area contributed by atoms with Gasteiger partial charge in [-0.3, -0.25) is 0 Å². The van der Waals surface area contributed by atoms with Crippen molar-refractivity contribution in [2.24, 2.45) is 17.1 Å². The van der Waals surface area contributed by atoms with Crippen LogP contribution in [0, 0.1) is 11.3 Å². The molecule has 2 nitrogen and oxygen atoms in total. The van der Waals surface area contributed by atoms with Crippen molar-refractivity contribution < 1.29 is 5.11 Å². The first kappa shape index (κ1) is 17.1. The summed E-state index contributed by atoms with van der Waals surface area (Å²) >= 11 is 12.2. The van der Waals surface area contributed by atoms with Crippen LogP contribution in [0.3, 0.4) is 0 Å². The maximum Gasteiger partial charge on any atom is 0.0872 e. The van der Waals surface area contributed by atoms with E-state index < -0.39 is 6.10 Å². The maximum atomic E-state index is 10.9. The summed E-state index contributed by atoms with van der Waals surface area (Å²) in [6, 6.07) is 5.29. The molecule has 118 valence electrons. The van der Waals surface area contributed by atoms with Gasteiger partial charge in [-0.05, 0) is 49.3 Å². The van der Waals surface area contributed by atoms with E-state index in [0.717, 1.165) is 37.2 Å². The van der Waals surface area contributed by atoms with Gasteiger partial charge in [-0.2, -0.15) is 0 Å². The zero-order chi connectivity index (χ0) is 15.5. The summed E-state index contributed by atoms with van der Waals surface area (Å²) in [4.78, 5) is 0. The molecule has 1 saturated carbocycles. The molecular formula is C17H25Cl2NO. The summed E-state index contributed by atoms with van der Waals surface area (Å²) in [5, 5.41) is 12.0. The minimum atomic E-state index is -0.616. The highest BCUT2D eigenvalue weighted by Gasteiger charge is 2.41. The quantitative estimate of drug-likeness (QED) is 0.801. The highest BCUT2D eigenvalue weighted by molar-refractivity contribution is 6.35. The Bertz CT molecular complexity index is 470. The molecule has 0 aliphatic heterocycles. The molecule has 0 radical (unpaired) electrons. The van der Waals surface area contributed by atoms with Crippen molar-refractivity contribution in [1.82, 2.24) is 0 Å². The Morgan fingerprint density at radius 1 is 1.33 bits per heavy atom. The second kappa shape index (κ2) is 7.32. The van der Waals surface area contributed by atoms with Gasteiger partial charge in [-0.1, -0.05) is 49.0 Å². The number of halogens is 2. The van der Waals surface area contributed by atoms with Crippen molar-refractivity contribution in [1.29, 1.82) is 0 Å². The van der Waals surface area contributed by atoms with Crippen LogP contribution in [0.25, 0.3) is 0 Å². The van der Waals surface area contributed by atoms with Crippen LogP contribution in [0.15, 0.2) is 18.2 Å². The van der Waals surface area contributed by atoms with Crippen LogP contribution in [0.5, 0.6) is 0 Å². The number of rotatable bonds is 5. The molecule has 1 aromatic rings. The molecule has 0 spiro atoms. The second-order valence-electron chi connectivity index (χ2n) is 6.37. The topological polar surface area (TPSA) is 46.2 Å². The van der Waals surface area contributed by atoms with Crippen molar-refractivity contribution in [2.45, 2.75) is 51.6 Å². The fourth-order valence-corrected chi connectivity index (χ4v) is 4.10. The van der Waals surface area contributed by atoms with Gasteiger partial charge in [-0.15, -0.1) is 0 Å². The molecular weight excluding hydrogens is 305 g/mol. The first-order chi connectivity index (χ1) is 10.0. The van der Waals surface area contributed by atoms with Crippen LogP contribution in [0.4, 0.5) is 0 Å². The Morgan fingerprint density at radius 3 is 2.52 bits per heavy atom. The van der Waals surface area contributed by atoms with Crippen molar-refractivity contribution in [3.8, 4) is 0 Å². The van der Waals surface area contributed by atoms with Crippen molar-refractivity contribution in [2.75, 3.05) is 6.54 Å². The van der Waals surface area contributed by atoms with E-state index in [2.05, 4.69) is 6.92 Å². The Labute approximate surface area is 137 Å². The zero-order valence-corrected chi connectivity index (χ0v) is 14.1. The number of aliphatic hydroxyl groups is 1. The van der Waals surface area contributed by atoms with E-state index in [1.54, 1.807) is 12.1 Å². The standard InChI is InChI=1S/C17H25Cl2NO/c1-2-3-12-6-8-17(11-20,9-7-12)16(21)14-5-4-13(18)10-15(14)19/h4-5,10,12,16,21H,2-3,6-9,11,20H2,1H3. The Hall–Kier alpha value is -0.280. The van der Waals surface area contributed by atoms with Gasteiger partial charge in [0.15, 0.2) is 0 Å². The monoisotopic (exact) mass is 329 g/mol. The summed E-state index contributed by atoms with van der Waals surface area (Å²) in [6.07, 6.45) is 6.11. The van der Waals surface area contributed by atoms with Crippen LogP contribution in [0.1, 0.15) is 57.1 Å². The van der Waals surface area contributed by atoms with E-state index in [0.29, 0.717) is 16.6 Å². The summed E-state index contributed by atoms with van der Waals surface area (Å²) in [6.45, 7) is 2.72. The number of nitrogens with two attached hydrogens (primary N) is 1. The first-order valence-electron chi connectivity index (χ1n) is 7.85. The van der Waals surface area contributed by atoms with E-state index in [4.69, 9.17) is 28.9 Å². The lowest BCUT2D eigenvalue weighted by Gasteiger charge is -2.43. The molecule has 0 saturated heterocycles. The van der Waals surface area contributed by atoms with Gasteiger partial charge >= 0.3 is 0 Å². The van der Waals surface area contributed by atoms with Crippen LogP contribution in [0.2, 0.25) is 10.0 Å². The average Bonchev–Trinajstić information content (AvgIpc) is 2.48. The molecule has 1 unspecified atom stereocenters. The molecule has 2 rings (SSSR count). The number of hydrogen-bond acceptors (Lipinski definition) is 2. The van der Waals surface area contributed by atoms with Crippen molar-refractivity contribution >= 4 is 23.2 Å². The Kier molecular flexibility index (Phi) is 5.96. The SMILES string of the molecule is CCCC1CCC(CN)(C(O)c2ccc(Cl)cc2Cl)CC1. The Balaban J connectivity index is 2.17. The molecule has 0 heterocycles. The zero-order valence-electron chi connectivity index (χ0n) is 12.6. The lowest BCUT2D eigenvalue weighted by atomic mass is 9.65. The van der Waals surface area contributed by atoms with E-state index >= 15 is 0 Å². The predicted molar refractivity (Wildman–Crippen MR) is 89.8 cm³/mol. The fourth-order valence-electron chi connectivity index (χ4n) is 3.59. The largest absolute Gasteiger partial charge is 0.388 e. The van der Waals surface area contributed by atoms with Gasteiger partial charge in [0.1, 0.15) is 0 Å². The average molecular weight is 330 g/mol. The summed E-state index contributed by atoms with van der Waals surface area (Å²) < 4.78 is 0. The summed E-state index contributed by atoms with van der Waals surface area (Å²) in [7, 11) is 0. The van der Waals surface area contributed by atoms with Gasteiger partial charge in [-0.25, -0.2) is 0 Å². The maximum absolute atomic E-state index is 10.9. The van der Waals surface area contributed by atoms with Gasteiger partial charge in [0, 0.05) is 22.0 Å².